The number of carboxylic acid groups (broad SMARTS) is 1. The van der Waals surface area contributed by atoms with Gasteiger partial charge >= 0.3 is 32.7 Å². The molecule has 0 bridgehead atoms. The summed E-state index contributed by atoms with van der Waals surface area (Å²) in [5.41, 5.74) is 0. The average Bonchev–Trinajstić information content (AvgIpc) is 0.811. The molecule has 0 atom stereocenters. The van der Waals surface area contributed by atoms with Crippen molar-refractivity contribution in [1.29, 1.82) is 0 Å². The summed E-state index contributed by atoms with van der Waals surface area (Å²) < 4.78 is 0. The molecule has 0 amide bonds. The largest absolute Gasteiger partial charge is 3.00 e. The number of aliphatic carboxylic acids is 1. The van der Waals surface area contributed by atoms with Crippen LogP contribution in [-0.2, 0) is 37.5 Å². The Morgan fingerprint density at radius 1 is 1.11 bits per heavy atom. The van der Waals surface area contributed by atoms with Crippen LogP contribution in [0.2, 0.25) is 0 Å². The van der Waals surface area contributed by atoms with Crippen molar-refractivity contribution >= 4 is 5.97 Å². The van der Waals surface area contributed by atoms with Gasteiger partial charge in [0.05, 0.1) is 0 Å². The van der Waals surface area contributed by atoms with Crippen molar-refractivity contribution in [1.82, 2.24) is 0 Å². The average molecular weight is 220 g/mol. The minimum Gasteiger partial charge on any atom is -0.550 e. The third-order valence-electron chi connectivity index (χ3n) is 0. The maximum absolute atomic E-state index is 8.89. The maximum atomic E-state index is 8.89. The van der Waals surface area contributed by atoms with Crippen molar-refractivity contribution in [2.75, 3.05) is 0 Å². The van der Waals surface area contributed by atoms with E-state index >= 15 is 0 Å². The van der Waals surface area contributed by atoms with Crippen molar-refractivity contribution in [2.24, 2.45) is 0 Å². The van der Waals surface area contributed by atoms with E-state index in [1.807, 2.05) is 0 Å². The van der Waals surface area contributed by atoms with Crippen LogP contribution in [0.15, 0.2) is 0 Å². The van der Waals surface area contributed by atoms with E-state index in [-0.39, 0.29) is 54.6 Å². The zero-order valence-corrected chi connectivity index (χ0v) is 7.73. The Bertz CT molecular complexity index is 34.0. The predicted molar refractivity (Wildman–Crippen MR) is 25.1 cm³/mol. The Morgan fingerprint density at radius 3 is 1.11 bits per heavy atom. The van der Waals surface area contributed by atoms with Gasteiger partial charge in [-0.3, -0.25) is 0 Å². The molecule has 0 heterocycles. The first kappa shape index (κ1) is 57.2. The molecule has 0 aliphatic heterocycles. The molecular weight excluding hydrogens is 209 g/mol. The third kappa shape index (κ3) is 2020. The monoisotopic (exact) mass is 220 g/mol. The SMILES string of the molecule is CC(=O)[O-].O.O.O.O.[Y+3]. The van der Waals surface area contributed by atoms with Crippen molar-refractivity contribution in [3.63, 3.8) is 0 Å². The fraction of sp³-hybridized carbons (Fsp3) is 0.500. The van der Waals surface area contributed by atoms with Crippen LogP contribution in [0.1, 0.15) is 6.92 Å². The van der Waals surface area contributed by atoms with Crippen LogP contribution in [0.3, 0.4) is 0 Å². The molecule has 0 aromatic heterocycles. The second-order valence-corrected chi connectivity index (χ2v) is 0.492. The number of carbonyl (C=O) groups is 1. The second-order valence-electron chi connectivity index (χ2n) is 0.492. The van der Waals surface area contributed by atoms with Gasteiger partial charge in [-0.2, -0.15) is 0 Å². The standard InChI is InChI=1S/C2H4O2.4H2O.Y/c1-2(3)4;;;;;/h1H3,(H,3,4);4*1H2;/q;;;;;+3/p-1. The molecule has 6 nitrogen and oxygen atoms in total. The quantitative estimate of drug-likeness (QED) is 0.401. The van der Waals surface area contributed by atoms with Gasteiger partial charge in [0.15, 0.2) is 0 Å². The van der Waals surface area contributed by atoms with Gasteiger partial charge < -0.3 is 31.8 Å². The van der Waals surface area contributed by atoms with Crippen LogP contribution in [0.25, 0.3) is 0 Å². The van der Waals surface area contributed by atoms with E-state index in [2.05, 4.69) is 0 Å². The smallest absolute Gasteiger partial charge is 0.550 e. The summed E-state index contributed by atoms with van der Waals surface area (Å²) >= 11 is 0. The molecule has 0 radical (unpaired) electrons. The molecule has 9 heavy (non-hydrogen) atoms. The first-order valence-electron chi connectivity index (χ1n) is 0.908. The van der Waals surface area contributed by atoms with Crippen molar-refractivity contribution in [3.05, 3.63) is 0 Å². The summed E-state index contributed by atoms with van der Waals surface area (Å²) in [6, 6.07) is 0. The second kappa shape index (κ2) is 39.7. The molecule has 0 unspecified atom stereocenters. The zero-order chi connectivity index (χ0) is 3.58. The number of carbonyl (C=O) groups excluding carboxylic acids is 1. The Labute approximate surface area is 77.4 Å². The molecular formula is C2H11O6Y+2. The number of hydrogen-bond donors (Lipinski definition) is 0. The molecule has 0 rings (SSSR count). The molecule has 0 aromatic rings. The molecule has 0 saturated heterocycles. The molecule has 0 fully saturated rings. The topological polar surface area (TPSA) is 166 Å². The van der Waals surface area contributed by atoms with Crippen molar-refractivity contribution in [3.8, 4) is 0 Å². The Morgan fingerprint density at radius 2 is 1.11 bits per heavy atom. The van der Waals surface area contributed by atoms with Gasteiger partial charge in [0.2, 0.25) is 0 Å². The summed E-state index contributed by atoms with van der Waals surface area (Å²) in [6.45, 7) is 0.972. The van der Waals surface area contributed by atoms with E-state index in [4.69, 9.17) is 9.90 Å². The van der Waals surface area contributed by atoms with Gasteiger partial charge in [0, 0.05) is 5.97 Å². The van der Waals surface area contributed by atoms with Gasteiger partial charge in [-0.25, -0.2) is 0 Å². The van der Waals surface area contributed by atoms with E-state index < -0.39 is 5.97 Å². The molecule has 0 aliphatic rings. The summed E-state index contributed by atoms with van der Waals surface area (Å²) in [7, 11) is 0. The van der Waals surface area contributed by atoms with Crippen LogP contribution in [0.5, 0.6) is 0 Å². The van der Waals surface area contributed by atoms with Crippen LogP contribution in [-0.4, -0.2) is 27.9 Å². The van der Waals surface area contributed by atoms with E-state index in [1.165, 1.54) is 0 Å². The summed E-state index contributed by atoms with van der Waals surface area (Å²) in [5, 5.41) is 8.89. The summed E-state index contributed by atoms with van der Waals surface area (Å²) in [6.07, 6.45) is 0. The van der Waals surface area contributed by atoms with Gasteiger partial charge in [-0.05, 0) is 6.92 Å². The first-order chi connectivity index (χ1) is 1.73. The van der Waals surface area contributed by atoms with E-state index in [0.717, 1.165) is 6.92 Å². The molecule has 8 N–H and O–H groups in total. The Balaban J connectivity index is -0.00000000450. The molecule has 0 aliphatic carbocycles. The minimum atomic E-state index is -1.08. The predicted octanol–water partition coefficient (Wildman–Crippen LogP) is -4.55. The maximum Gasteiger partial charge on any atom is 3.00 e. The van der Waals surface area contributed by atoms with Crippen LogP contribution >= 0.6 is 0 Å². The Hall–Kier alpha value is 0.414. The number of carboxylic acids is 1. The van der Waals surface area contributed by atoms with Gasteiger partial charge in [-0.15, -0.1) is 0 Å². The summed E-state index contributed by atoms with van der Waals surface area (Å²) in [4.78, 5) is 8.89. The number of rotatable bonds is 0. The normalized spacial score (nSPS) is 2.78. The van der Waals surface area contributed by atoms with Gasteiger partial charge in [0.25, 0.3) is 0 Å². The van der Waals surface area contributed by atoms with Crippen molar-refractivity contribution in [2.45, 2.75) is 6.92 Å². The number of hydrogen-bond acceptors (Lipinski definition) is 2. The van der Waals surface area contributed by atoms with Crippen LogP contribution < -0.4 is 5.11 Å². The van der Waals surface area contributed by atoms with Crippen LogP contribution in [0.4, 0.5) is 0 Å². The molecule has 0 saturated carbocycles. The first-order valence-corrected chi connectivity index (χ1v) is 0.908. The zero-order valence-electron chi connectivity index (χ0n) is 4.89. The fourth-order valence-electron chi connectivity index (χ4n) is 0. The molecule has 56 valence electrons. The van der Waals surface area contributed by atoms with Gasteiger partial charge in [0.1, 0.15) is 0 Å². The van der Waals surface area contributed by atoms with Crippen molar-refractivity contribution < 1.29 is 64.5 Å². The molecule has 7 heteroatoms. The molecule has 0 aromatic carbocycles. The molecule has 0 spiro atoms. The van der Waals surface area contributed by atoms with Crippen LogP contribution in [0, 0.1) is 0 Å². The van der Waals surface area contributed by atoms with E-state index in [1.54, 1.807) is 0 Å². The minimum absolute atomic E-state index is 0. The third-order valence-corrected chi connectivity index (χ3v) is 0. The summed E-state index contributed by atoms with van der Waals surface area (Å²) in [5.74, 6) is -1.08. The fourth-order valence-corrected chi connectivity index (χ4v) is 0. The van der Waals surface area contributed by atoms with E-state index in [9.17, 15) is 0 Å². The van der Waals surface area contributed by atoms with Gasteiger partial charge in [-0.1, -0.05) is 0 Å². The Kier molecular flexibility index (Phi) is 252. The van der Waals surface area contributed by atoms with E-state index in [0.29, 0.717) is 0 Å².